The van der Waals surface area contributed by atoms with E-state index in [1.807, 2.05) is 24.3 Å². The van der Waals surface area contributed by atoms with Gasteiger partial charge >= 0.3 is 0 Å². The lowest BCUT2D eigenvalue weighted by Crippen LogP contribution is -1.99. The van der Waals surface area contributed by atoms with Gasteiger partial charge in [-0.25, -0.2) is 4.39 Å². The van der Waals surface area contributed by atoms with Crippen molar-refractivity contribution in [2.75, 3.05) is 7.05 Å². The van der Waals surface area contributed by atoms with E-state index in [4.69, 9.17) is 4.74 Å². The molecule has 0 aromatic heterocycles. The van der Waals surface area contributed by atoms with Crippen LogP contribution in [-0.2, 0) is 6.61 Å². The average molecular weight is 258 g/mol. The van der Waals surface area contributed by atoms with E-state index in [-0.39, 0.29) is 12.4 Å². The van der Waals surface area contributed by atoms with Crippen molar-refractivity contribution >= 4 is 6.21 Å². The van der Waals surface area contributed by atoms with Crippen molar-refractivity contribution in [3.8, 4) is 5.75 Å². The molecule has 0 aliphatic rings. The van der Waals surface area contributed by atoms with Crippen molar-refractivity contribution in [2.24, 2.45) is 5.10 Å². The summed E-state index contributed by atoms with van der Waals surface area (Å²) in [7, 11) is 1.73. The second-order valence-corrected chi connectivity index (χ2v) is 3.93. The molecule has 3 nitrogen and oxygen atoms in total. The molecule has 4 heteroatoms. The summed E-state index contributed by atoms with van der Waals surface area (Å²) in [6, 6.07) is 14.0. The summed E-state index contributed by atoms with van der Waals surface area (Å²) in [5.74, 6) is 0.429. The van der Waals surface area contributed by atoms with Crippen molar-refractivity contribution < 1.29 is 9.13 Å². The first kappa shape index (κ1) is 13.1. The molecule has 98 valence electrons. The fourth-order valence-electron chi connectivity index (χ4n) is 1.60. The van der Waals surface area contributed by atoms with Crippen molar-refractivity contribution in [1.82, 2.24) is 5.43 Å². The zero-order chi connectivity index (χ0) is 13.5. The van der Waals surface area contributed by atoms with Gasteiger partial charge in [-0.3, -0.25) is 0 Å². The summed E-state index contributed by atoms with van der Waals surface area (Å²) in [4.78, 5) is 0. The van der Waals surface area contributed by atoms with Crippen molar-refractivity contribution in [2.45, 2.75) is 6.61 Å². The van der Waals surface area contributed by atoms with Crippen LogP contribution in [0, 0.1) is 5.82 Å². The fourth-order valence-corrected chi connectivity index (χ4v) is 1.60. The van der Waals surface area contributed by atoms with Crippen LogP contribution in [0.3, 0.4) is 0 Å². The quantitative estimate of drug-likeness (QED) is 0.660. The topological polar surface area (TPSA) is 33.6 Å². The van der Waals surface area contributed by atoms with Crippen LogP contribution in [0.25, 0.3) is 0 Å². The Morgan fingerprint density at radius 3 is 2.84 bits per heavy atom. The van der Waals surface area contributed by atoms with E-state index in [1.54, 1.807) is 31.5 Å². The molecule has 0 aliphatic carbocycles. The molecule has 0 heterocycles. The summed E-state index contributed by atoms with van der Waals surface area (Å²) < 4.78 is 19.0. The van der Waals surface area contributed by atoms with Crippen LogP contribution in [0.5, 0.6) is 5.75 Å². The first-order valence-electron chi connectivity index (χ1n) is 5.95. The van der Waals surface area contributed by atoms with E-state index in [9.17, 15) is 4.39 Å². The van der Waals surface area contributed by atoms with E-state index in [1.165, 1.54) is 6.07 Å². The SMILES string of the molecule is CN/N=C/c1cccc(OCc2ccccc2F)c1. The lowest BCUT2D eigenvalue weighted by molar-refractivity contribution is 0.300. The van der Waals surface area contributed by atoms with Crippen molar-refractivity contribution in [3.63, 3.8) is 0 Å². The van der Waals surface area contributed by atoms with Gasteiger partial charge in [0.1, 0.15) is 18.2 Å². The van der Waals surface area contributed by atoms with Crippen LogP contribution in [-0.4, -0.2) is 13.3 Å². The maximum Gasteiger partial charge on any atom is 0.129 e. The van der Waals surface area contributed by atoms with E-state index in [0.717, 1.165) is 5.56 Å². The summed E-state index contributed by atoms with van der Waals surface area (Å²) in [6.45, 7) is 0.208. The molecular weight excluding hydrogens is 243 g/mol. The summed E-state index contributed by atoms with van der Waals surface area (Å²) in [6.07, 6.45) is 1.69. The van der Waals surface area contributed by atoms with Gasteiger partial charge in [0.2, 0.25) is 0 Å². The number of rotatable bonds is 5. The Balaban J connectivity index is 2.04. The third-order valence-corrected chi connectivity index (χ3v) is 2.55. The monoisotopic (exact) mass is 258 g/mol. The smallest absolute Gasteiger partial charge is 0.129 e. The zero-order valence-electron chi connectivity index (χ0n) is 10.6. The van der Waals surface area contributed by atoms with Gasteiger partial charge in [0, 0.05) is 12.6 Å². The third kappa shape index (κ3) is 3.81. The Bertz CT molecular complexity index is 570. The fraction of sp³-hybridized carbons (Fsp3) is 0.133. The van der Waals surface area contributed by atoms with Crippen LogP contribution < -0.4 is 10.2 Å². The van der Waals surface area contributed by atoms with Gasteiger partial charge in [-0.05, 0) is 23.8 Å². The molecule has 0 aliphatic heterocycles. The molecule has 0 atom stereocenters. The number of halogens is 1. The van der Waals surface area contributed by atoms with Gasteiger partial charge in [0.15, 0.2) is 0 Å². The molecule has 19 heavy (non-hydrogen) atoms. The van der Waals surface area contributed by atoms with Crippen LogP contribution >= 0.6 is 0 Å². The minimum Gasteiger partial charge on any atom is -0.489 e. The molecule has 0 fully saturated rings. The summed E-state index contributed by atoms with van der Waals surface area (Å²) >= 11 is 0. The van der Waals surface area contributed by atoms with E-state index in [0.29, 0.717) is 11.3 Å². The molecule has 0 saturated carbocycles. The third-order valence-electron chi connectivity index (χ3n) is 2.55. The molecule has 0 amide bonds. The van der Waals surface area contributed by atoms with Gasteiger partial charge in [-0.2, -0.15) is 5.10 Å². The molecule has 2 aromatic rings. The highest BCUT2D eigenvalue weighted by Gasteiger charge is 2.01. The standard InChI is InChI=1S/C15H15FN2O/c1-17-18-10-12-5-4-7-14(9-12)19-11-13-6-2-3-8-15(13)16/h2-10,17H,11H2,1H3/b18-10+. The van der Waals surface area contributed by atoms with Crippen LogP contribution in [0.1, 0.15) is 11.1 Å². The number of nitrogens with one attached hydrogen (secondary N) is 1. The highest BCUT2D eigenvalue weighted by molar-refractivity contribution is 5.79. The number of hydrogen-bond donors (Lipinski definition) is 1. The molecule has 0 unspecified atom stereocenters. The Labute approximate surface area is 111 Å². The first-order valence-corrected chi connectivity index (χ1v) is 5.95. The number of hydrogen-bond acceptors (Lipinski definition) is 3. The molecular formula is C15H15FN2O. The summed E-state index contributed by atoms with van der Waals surface area (Å²) in [5, 5.41) is 3.92. The van der Waals surface area contributed by atoms with Crippen LogP contribution in [0.4, 0.5) is 4.39 Å². The Morgan fingerprint density at radius 2 is 2.05 bits per heavy atom. The molecule has 1 N–H and O–H groups in total. The predicted molar refractivity (Wildman–Crippen MR) is 73.8 cm³/mol. The van der Waals surface area contributed by atoms with E-state index >= 15 is 0 Å². The van der Waals surface area contributed by atoms with Crippen molar-refractivity contribution in [1.29, 1.82) is 0 Å². The molecule has 0 bridgehead atoms. The lowest BCUT2D eigenvalue weighted by Gasteiger charge is -2.07. The average Bonchev–Trinajstić information content (AvgIpc) is 2.45. The Morgan fingerprint density at radius 1 is 1.21 bits per heavy atom. The van der Waals surface area contributed by atoms with Crippen LogP contribution in [0.2, 0.25) is 0 Å². The second-order valence-electron chi connectivity index (χ2n) is 3.93. The summed E-state index contributed by atoms with van der Waals surface area (Å²) in [5.41, 5.74) is 4.14. The molecule has 0 spiro atoms. The van der Waals surface area contributed by atoms with Gasteiger partial charge in [-0.15, -0.1) is 0 Å². The maximum atomic E-state index is 13.4. The highest BCUT2D eigenvalue weighted by Crippen LogP contribution is 2.15. The zero-order valence-corrected chi connectivity index (χ0v) is 10.6. The first-order chi connectivity index (χ1) is 9.29. The molecule has 0 saturated heterocycles. The largest absolute Gasteiger partial charge is 0.489 e. The van der Waals surface area contributed by atoms with E-state index < -0.39 is 0 Å². The minimum atomic E-state index is -0.254. The number of ether oxygens (including phenoxy) is 1. The molecule has 2 aromatic carbocycles. The minimum absolute atomic E-state index is 0.208. The van der Waals surface area contributed by atoms with Crippen LogP contribution in [0.15, 0.2) is 53.6 Å². The highest BCUT2D eigenvalue weighted by atomic mass is 19.1. The van der Waals surface area contributed by atoms with Gasteiger partial charge in [0.05, 0.1) is 6.21 Å². The number of hydrazone groups is 1. The Kier molecular flexibility index (Phi) is 4.50. The Hall–Kier alpha value is -2.36. The predicted octanol–water partition coefficient (Wildman–Crippen LogP) is 2.96. The second kappa shape index (κ2) is 6.54. The lowest BCUT2D eigenvalue weighted by atomic mass is 10.2. The van der Waals surface area contributed by atoms with Gasteiger partial charge < -0.3 is 10.2 Å². The normalized spacial score (nSPS) is 10.6. The van der Waals surface area contributed by atoms with E-state index in [2.05, 4.69) is 10.5 Å². The van der Waals surface area contributed by atoms with Gasteiger partial charge in [-0.1, -0.05) is 30.3 Å². The number of nitrogens with zero attached hydrogens (tertiary/aromatic N) is 1. The number of benzene rings is 2. The maximum absolute atomic E-state index is 13.4. The van der Waals surface area contributed by atoms with Crippen molar-refractivity contribution in [3.05, 3.63) is 65.5 Å². The molecule has 2 rings (SSSR count). The molecule has 0 radical (unpaired) electrons. The van der Waals surface area contributed by atoms with Gasteiger partial charge in [0.25, 0.3) is 0 Å².